The lowest BCUT2D eigenvalue weighted by Crippen LogP contribution is -2.34. The number of rotatable bonds is 2. The van der Waals surface area contributed by atoms with Crippen molar-refractivity contribution in [3.8, 4) is 6.07 Å². The van der Waals surface area contributed by atoms with Crippen LogP contribution in [-0.4, -0.2) is 24.7 Å². The van der Waals surface area contributed by atoms with Crippen LogP contribution in [0.5, 0.6) is 0 Å². The van der Waals surface area contributed by atoms with E-state index in [1.54, 1.807) is 6.07 Å². The molecule has 0 aliphatic carbocycles. The molecule has 0 bridgehead atoms. The van der Waals surface area contributed by atoms with Crippen molar-refractivity contribution in [1.82, 2.24) is 0 Å². The summed E-state index contributed by atoms with van der Waals surface area (Å²) in [6.07, 6.45) is 0. The van der Waals surface area contributed by atoms with E-state index in [9.17, 15) is 25.9 Å². The number of nitriles is 1. The van der Waals surface area contributed by atoms with Crippen molar-refractivity contribution in [3.05, 3.63) is 0 Å². The van der Waals surface area contributed by atoms with E-state index in [0.717, 1.165) is 0 Å². The first-order chi connectivity index (χ1) is 5.61. The molecule has 5 nitrogen and oxygen atoms in total. The highest BCUT2D eigenvalue weighted by atomic mass is 32.3. The van der Waals surface area contributed by atoms with Crippen LogP contribution in [0.2, 0.25) is 0 Å². The van der Waals surface area contributed by atoms with Gasteiger partial charge in [0.15, 0.2) is 0 Å². The average Bonchev–Trinajstić information content (AvgIpc) is 1.86. The Labute approximate surface area is 71.6 Å². The Bertz CT molecular complexity index is 317. The molecule has 0 aromatic carbocycles. The summed E-state index contributed by atoms with van der Waals surface area (Å²) in [5.74, 6) is -3.03. The summed E-state index contributed by atoms with van der Waals surface area (Å²) in [6, 6.07) is 1.75. The number of nitrogens with zero attached hydrogens (tertiary/aromatic N) is 1. The molecule has 1 N–H and O–H groups in total. The van der Waals surface area contributed by atoms with Crippen LogP contribution < -0.4 is 0 Å². The molecule has 76 valence electrons. The van der Waals surface area contributed by atoms with Crippen LogP contribution in [0, 0.1) is 11.3 Å². The first kappa shape index (κ1) is 14.2. The van der Waals surface area contributed by atoms with Gasteiger partial charge in [0.05, 0.1) is 6.07 Å². The first-order valence-corrected chi connectivity index (χ1v) is 3.85. The zero-order valence-corrected chi connectivity index (χ0v) is 6.98. The molecule has 0 saturated heterocycles. The molecule has 0 radical (unpaired) electrons. The monoisotopic (exact) mass is 219 g/mol. The molecule has 0 fully saturated rings. The van der Waals surface area contributed by atoms with Gasteiger partial charge in [-0.2, -0.15) is 22.5 Å². The van der Waals surface area contributed by atoms with E-state index in [0.29, 0.717) is 0 Å². The predicted octanol–water partition coefficient (Wildman–Crippen LogP) is 0.493. The van der Waals surface area contributed by atoms with E-state index in [4.69, 9.17) is 10.4 Å². The van der Waals surface area contributed by atoms with Crippen LogP contribution in [-0.2, 0) is 15.0 Å². The molecule has 0 heterocycles. The molecule has 0 saturated carbocycles. The molecule has 0 aromatic rings. The quantitative estimate of drug-likeness (QED) is 0.682. The average molecular weight is 219 g/mol. The summed E-state index contributed by atoms with van der Waals surface area (Å²) in [5, 5.41) is 9.39. The maximum absolute atomic E-state index is 11.5. The Hall–Kier alpha value is -1.30. The Morgan fingerprint density at radius 3 is 1.77 bits per heavy atom. The summed E-state index contributed by atoms with van der Waals surface area (Å²) in [6.45, 7) is 1.43. The number of halogens is 3. The molecule has 0 aliphatic rings. The smallest absolute Gasteiger partial charge is 0.470 e. The lowest BCUT2D eigenvalue weighted by molar-refractivity contribution is -0.154. The van der Waals surface area contributed by atoms with Crippen LogP contribution in [0.4, 0.5) is 12.7 Å². The van der Waals surface area contributed by atoms with Gasteiger partial charge in [-0.05, 0) is 0 Å². The summed E-state index contributed by atoms with van der Waals surface area (Å²) in [5.41, 5.74) is 0. The number of carboxylic acid groups (broad SMARTS) is 1. The Morgan fingerprint density at radius 2 is 1.77 bits per heavy atom. The largest absolute Gasteiger partial charge is 0.476 e. The maximum atomic E-state index is 11.5. The molecular weight excluding hydrogens is 215 g/mol. The molecule has 9 heteroatoms. The van der Waals surface area contributed by atoms with Crippen LogP contribution in [0.1, 0.15) is 6.92 Å². The maximum Gasteiger partial charge on any atom is 0.470 e. The summed E-state index contributed by atoms with van der Waals surface area (Å²) in [4.78, 5) is 9.30. The van der Waals surface area contributed by atoms with Gasteiger partial charge < -0.3 is 5.11 Å². The number of alkyl halides is 2. The van der Waals surface area contributed by atoms with Gasteiger partial charge in [-0.25, -0.2) is 4.79 Å². The minimum absolute atomic E-state index is 1.43. The molecule has 13 heavy (non-hydrogen) atoms. The lowest BCUT2D eigenvalue weighted by atomic mass is 10.7. The highest BCUT2D eigenvalue weighted by molar-refractivity contribution is 7.88. The highest BCUT2D eigenvalue weighted by Gasteiger charge is 2.54. The Kier molecular flexibility index (Phi) is 5.10. The van der Waals surface area contributed by atoms with Crippen LogP contribution in [0.25, 0.3) is 0 Å². The second kappa shape index (κ2) is 4.66. The second-order valence-electron chi connectivity index (χ2n) is 1.48. The van der Waals surface area contributed by atoms with E-state index in [1.165, 1.54) is 6.92 Å². The topological polar surface area (TPSA) is 95.2 Å². The van der Waals surface area contributed by atoms with Gasteiger partial charge in [0.25, 0.3) is 0 Å². The second-order valence-corrected chi connectivity index (χ2v) is 2.87. The van der Waals surface area contributed by atoms with Crippen molar-refractivity contribution in [2.24, 2.45) is 0 Å². The number of hydrogen-bond acceptors (Lipinski definition) is 4. The van der Waals surface area contributed by atoms with Crippen molar-refractivity contribution in [2.75, 3.05) is 0 Å². The van der Waals surface area contributed by atoms with Gasteiger partial charge in [0, 0.05) is 6.92 Å². The molecule has 0 spiro atoms. The first-order valence-electron chi connectivity index (χ1n) is 2.47. The predicted molar refractivity (Wildman–Crippen MR) is 33.9 cm³/mol. The van der Waals surface area contributed by atoms with Crippen molar-refractivity contribution in [1.29, 1.82) is 5.26 Å². The van der Waals surface area contributed by atoms with Gasteiger partial charge in [-0.3, -0.25) is 0 Å². The third-order valence-electron chi connectivity index (χ3n) is 0.555. The molecule has 0 aromatic heterocycles. The third-order valence-corrected chi connectivity index (χ3v) is 1.34. The lowest BCUT2D eigenvalue weighted by Gasteiger charge is -2.02. The fraction of sp³-hybridized carbons (Fsp3) is 0.500. The van der Waals surface area contributed by atoms with Gasteiger partial charge in [0.1, 0.15) is 0 Å². The summed E-state index contributed by atoms with van der Waals surface area (Å²) >= 11 is 0. The molecule has 0 rings (SSSR count). The van der Waals surface area contributed by atoms with Gasteiger partial charge in [-0.1, -0.05) is 3.89 Å². The minimum Gasteiger partial charge on any atom is -0.476 e. The number of aliphatic carboxylic acids is 1. The van der Waals surface area contributed by atoms with Crippen molar-refractivity contribution < 1.29 is 31.0 Å². The van der Waals surface area contributed by atoms with E-state index in [-0.39, 0.29) is 0 Å². The Balaban J connectivity index is 0. The molecular formula is C4H4F3NO4S. The fourth-order valence-electron chi connectivity index (χ4n) is 0.104. The molecule has 0 aliphatic heterocycles. The Morgan fingerprint density at radius 1 is 1.54 bits per heavy atom. The highest BCUT2D eigenvalue weighted by Crippen LogP contribution is 2.22. The number of hydrogen-bond donors (Lipinski definition) is 1. The van der Waals surface area contributed by atoms with Gasteiger partial charge in [-0.15, -0.1) is 0 Å². The normalized spacial score (nSPS) is 10.7. The minimum atomic E-state index is -6.33. The van der Waals surface area contributed by atoms with E-state index < -0.39 is 21.4 Å². The standard InChI is InChI=1S/C2HF3O4S.C2H3N/c3-2(4,1(6)7)10(5,8)9;1-2-3/h(H,6,7);1H3. The van der Waals surface area contributed by atoms with Gasteiger partial charge >= 0.3 is 21.4 Å². The van der Waals surface area contributed by atoms with E-state index in [1.807, 2.05) is 0 Å². The van der Waals surface area contributed by atoms with E-state index in [2.05, 4.69) is 0 Å². The van der Waals surface area contributed by atoms with Crippen LogP contribution in [0.15, 0.2) is 0 Å². The van der Waals surface area contributed by atoms with Crippen molar-refractivity contribution in [2.45, 2.75) is 12.2 Å². The summed E-state index contributed by atoms with van der Waals surface area (Å²) < 4.78 is 52.8. The van der Waals surface area contributed by atoms with E-state index >= 15 is 0 Å². The SMILES string of the molecule is CC#N.O=C(O)C(F)(F)S(=O)(=O)F. The van der Waals surface area contributed by atoms with Crippen LogP contribution in [0.3, 0.4) is 0 Å². The van der Waals surface area contributed by atoms with Crippen molar-refractivity contribution >= 4 is 16.2 Å². The van der Waals surface area contributed by atoms with Crippen molar-refractivity contribution in [3.63, 3.8) is 0 Å². The van der Waals surface area contributed by atoms with Gasteiger partial charge in [0.2, 0.25) is 0 Å². The fourth-order valence-corrected chi connectivity index (χ4v) is 0.313. The molecule has 0 unspecified atom stereocenters. The summed E-state index contributed by atoms with van der Waals surface area (Å²) in [7, 11) is -6.33. The number of carboxylic acids is 1. The molecule has 0 atom stereocenters. The zero-order valence-electron chi connectivity index (χ0n) is 6.16. The number of carbonyl (C=O) groups is 1. The third kappa shape index (κ3) is 4.32. The zero-order chi connectivity index (χ0) is 11.3. The van der Waals surface area contributed by atoms with Crippen LogP contribution >= 0.6 is 0 Å². The molecule has 0 amide bonds.